The second-order valence-electron chi connectivity index (χ2n) is 7.63. The van der Waals surface area contributed by atoms with Gasteiger partial charge in [-0.05, 0) is 36.1 Å². The van der Waals surface area contributed by atoms with Crippen LogP contribution in [0.4, 0.5) is 0 Å². The van der Waals surface area contributed by atoms with Crippen molar-refractivity contribution in [3.63, 3.8) is 0 Å². The number of rotatable bonds is 9. The lowest BCUT2D eigenvalue weighted by Crippen LogP contribution is -2.40. The van der Waals surface area contributed by atoms with Crippen LogP contribution in [0, 0.1) is 0 Å². The quantitative estimate of drug-likeness (QED) is 0.365. The highest BCUT2D eigenvalue weighted by Gasteiger charge is 2.17. The smallest absolute Gasteiger partial charge is 0.357 e. The van der Waals surface area contributed by atoms with Gasteiger partial charge < -0.3 is 9.17 Å². The van der Waals surface area contributed by atoms with Gasteiger partial charge in [0.1, 0.15) is 17.1 Å². The molecule has 2 aromatic carbocycles. The number of hydrogen-bond acceptors (Lipinski definition) is 5. The Morgan fingerprint density at radius 1 is 1.00 bits per heavy atom. The van der Waals surface area contributed by atoms with Crippen molar-refractivity contribution in [3.05, 3.63) is 92.4 Å². The molecular formula is C23H24N4O5S. The van der Waals surface area contributed by atoms with Gasteiger partial charge in [-0.25, -0.2) is 9.78 Å². The average molecular weight is 469 g/mol. The first-order valence-corrected chi connectivity index (χ1v) is 11.6. The van der Waals surface area contributed by atoms with Crippen LogP contribution in [0.15, 0.2) is 64.2 Å². The number of nitrogens with one attached hydrogen (secondary N) is 1. The standard InChI is InChI=1S/C23H24N4O5S/c1-2-13-27-22(28)20-21(25-19(24-20)15-17-6-4-3-5-7-17)26(23(27)29)14-12-16-8-10-18(11-9-16)32-33(30)31/h3-11H,2,12-15H2,1H3,(H,24,25)(H,30,31). The Labute approximate surface area is 192 Å². The predicted molar refractivity (Wildman–Crippen MR) is 126 cm³/mol. The van der Waals surface area contributed by atoms with E-state index in [0.717, 1.165) is 11.1 Å². The van der Waals surface area contributed by atoms with Crippen LogP contribution in [0.3, 0.4) is 0 Å². The first-order valence-electron chi connectivity index (χ1n) is 10.6. The number of aromatic nitrogens is 4. The average Bonchev–Trinajstić information content (AvgIpc) is 3.21. The van der Waals surface area contributed by atoms with Crippen LogP contribution in [0.25, 0.3) is 11.2 Å². The van der Waals surface area contributed by atoms with Crippen LogP contribution < -0.4 is 15.4 Å². The van der Waals surface area contributed by atoms with Crippen LogP contribution in [0.5, 0.6) is 5.75 Å². The zero-order valence-corrected chi connectivity index (χ0v) is 18.9. The maximum atomic E-state index is 13.1. The van der Waals surface area contributed by atoms with E-state index in [4.69, 9.17) is 8.74 Å². The summed E-state index contributed by atoms with van der Waals surface area (Å²) < 4.78 is 27.1. The second-order valence-corrected chi connectivity index (χ2v) is 8.23. The minimum absolute atomic E-state index is 0.272. The summed E-state index contributed by atoms with van der Waals surface area (Å²) >= 11 is -2.38. The van der Waals surface area contributed by atoms with E-state index in [9.17, 15) is 13.8 Å². The Morgan fingerprint density at radius 2 is 1.73 bits per heavy atom. The minimum atomic E-state index is -2.38. The molecule has 10 heteroatoms. The van der Waals surface area contributed by atoms with Crippen LogP contribution in [0.1, 0.15) is 30.3 Å². The minimum Gasteiger partial charge on any atom is -0.380 e. The molecule has 0 amide bonds. The molecule has 9 nitrogen and oxygen atoms in total. The fourth-order valence-corrected chi connectivity index (χ4v) is 4.02. The lowest BCUT2D eigenvalue weighted by atomic mass is 10.1. The fourth-order valence-electron chi connectivity index (χ4n) is 3.74. The zero-order chi connectivity index (χ0) is 23.4. The SMILES string of the molecule is CCCn1c(=O)c2[nH]c(Cc3ccccc3)nc2n(CCc2ccc(OS(=O)O)cc2)c1=O. The molecule has 33 heavy (non-hydrogen) atoms. The Balaban J connectivity index is 1.68. The third kappa shape index (κ3) is 5.12. The maximum absolute atomic E-state index is 13.1. The monoisotopic (exact) mass is 468 g/mol. The molecule has 1 atom stereocenters. The van der Waals surface area contributed by atoms with E-state index in [0.29, 0.717) is 49.3 Å². The number of H-pyrrole nitrogens is 1. The van der Waals surface area contributed by atoms with Crippen molar-refractivity contribution in [2.24, 2.45) is 0 Å². The molecular weight excluding hydrogens is 444 g/mol. The summed E-state index contributed by atoms with van der Waals surface area (Å²) in [6.07, 6.45) is 1.67. The van der Waals surface area contributed by atoms with Gasteiger partial charge in [0, 0.05) is 19.5 Å². The van der Waals surface area contributed by atoms with Gasteiger partial charge in [0.05, 0.1) is 0 Å². The molecule has 4 rings (SSSR count). The summed E-state index contributed by atoms with van der Waals surface area (Å²) in [6.45, 7) is 2.56. The predicted octanol–water partition coefficient (Wildman–Crippen LogP) is 2.65. The first kappa shape index (κ1) is 22.7. The highest BCUT2D eigenvalue weighted by Crippen LogP contribution is 2.15. The largest absolute Gasteiger partial charge is 0.380 e. The van der Waals surface area contributed by atoms with Crippen LogP contribution in [-0.2, 0) is 37.3 Å². The van der Waals surface area contributed by atoms with Gasteiger partial charge in [-0.2, -0.15) is 4.21 Å². The van der Waals surface area contributed by atoms with Gasteiger partial charge in [0.2, 0.25) is 0 Å². The molecule has 2 aromatic heterocycles. The normalized spacial score (nSPS) is 12.2. The van der Waals surface area contributed by atoms with Gasteiger partial charge >= 0.3 is 17.1 Å². The van der Waals surface area contributed by atoms with Crippen LogP contribution >= 0.6 is 0 Å². The Bertz CT molecular complexity index is 1390. The summed E-state index contributed by atoms with van der Waals surface area (Å²) in [4.78, 5) is 33.9. The Kier molecular flexibility index (Phi) is 6.85. The number of fused-ring (bicyclic) bond motifs is 1. The number of imidazole rings is 1. The third-order valence-electron chi connectivity index (χ3n) is 5.29. The number of aromatic amines is 1. The van der Waals surface area contributed by atoms with Gasteiger partial charge in [-0.3, -0.25) is 18.5 Å². The van der Waals surface area contributed by atoms with Crippen molar-refractivity contribution in [1.82, 2.24) is 19.1 Å². The van der Waals surface area contributed by atoms with Crippen molar-refractivity contribution in [3.8, 4) is 5.75 Å². The van der Waals surface area contributed by atoms with Crippen molar-refractivity contribution < 1.29 is 12.9 Å². The van der Waals surface area contributed by atoms with Crippen molar-refractivity contribution in [2.45, 2.75) is 39.3 Å². The summed E-state index contributed by atoms with van der Waals surface area (Å²) in [6, 6.07) is 16.5. The molecule has 2 heterocycles. The molecule has 0 fully saturated rings. The van der Waals surface area contributed by atoms with E-state index in [-0.39, 0.29) is 17.0 Å². The molecule has 0 bridgehead atoms. The van der Waals surface area contributed by atoms with Gasteiger partial charge in [-0.15, -0.1) is 0 Å². The van der Waals surface area contributed by atoms with Crippen LogP contribution in [0.2, 0.25) is 0 Å². The molecule has 0 saturated carbocycles. The van der Waals surface area contributed by atoms with E-state index in [1.165, 1.54) is 9.13 Å². The fraction of sp³-hybridized carbons (Fsp3) is 0.261. The van der Waals surface area contributed by atoms with Crippen LogP contribution in [-0.4, -0.2) is 27.9 Å². The first-order chi connectivity index (χ1) is 16.0. The number of nitrogens with zero attached hydrogens (tertiary/aromatic N) is 3. The summed E-state index contributed by atoms with van der Waals surface area (Å²) in [5.74, 6) is 0.891. The van der Waals surface area contributed by atoms with Crippen molar-refractivity contribution in [2.75, 3.05) is 0 Å². The van der Waals surface area contributed by atoms with Crippen molar-refractivity contribution in [1.29, 1.82) is 0 Å². The van der Waals surface area contributed by atoms with E-state index < -0.39 is 11.4 Å². The van der Waals surface area contributed by atoms with Crippen molar-refractivity contribution >= 4 is 22.5 Å². The number of hydrogen-bond donors (Lipinski definition) is 2. The highest BCUT2D eigenvalue weighted by molar-refractivity contribution is 7.74. The molecule has 0 aliphatic rings. The Morgan fingerprint density at radius 3 is 2.39 bits per heavy atom. The molecule has 2 N–H and O–H groups in total. The molecule has 0 radical (unpaired) electrons. The summed E-state index contributed by atoms with van der Waals surface area (Å²) in [5.41, 5.74) is 1.87. The topological polar surface area (TPSA) is 119 Å². The summed E-state index contributed by atoms with van der Waals surface area (Å²) in [7, 11) is 0. The summed E-state index contributed by atoms with van der Waals surface area (Å²) in [5, 5.41) is 0. The van der Waals surface area contributed by atoms with Gasteiger partial charge in [0.25, 0.3) is 5.56 Å². The van der Waals surface area contributed by atoms with Gasteiger partial charge in [-0.1, -0.05) is 49.4 Å². The molecule has 0 aliphatic heterocycles. The van der Waals surface area contributed by atoms with Gasteiger partial charge in [0.15, 0.2) is 5.65 Å². The maximum Gasteiger partial charge on any atom is 0.357 e. The molecule has 4 aromatic rings. The molecule has 0 aliphatic carbocycles. The number of aryl methyl sites for hydroxylation is 2. The lowest BCUT2D eigenvalue weighted by Gasteiger charge is -2.11. The van der Waals surface area contributed by atoms with E-state index in [1.807, 2.05) is 37.3 Å². The highest BCUT2D eigenvalue weighted by atomic mass is 32.2. The molecule has 1 unspecified atom stereocenters. The molecule has 172 valence electrons. The lowest BCUT2D eigenvalue weighted by molar-refractivity contribution is 0.458. The third-order valence-corrected chi connectivity index (χ3v) is 5.62. The van der Waals surface area contributed by atoms with E-state index >= 15 is 0 Å². The number of benzene rings is 2. The van der Waals surface area contributed by atoms with E-state index in [1.54, 1.807) is 24.3 Å². The zero-order valence-electron chi connectivity index (χ0n) is 18.1. The second kappa shape index (κ2) is 9.97. The molecule has 0 spiro atoms. The van der Waals surface area contributed by atoms with E-state index in [2.05, 4.69) is 9.97 Å². The molecule has 0 saturated heterocycles. The Hall–Kier alpha value is -3.50.